The fraction of sp³-hybridized carbons (Fsp3) is 0.647. The molecule has 0 amide bonds. The highest BCUT2D eigenvalue weighted by molar-refractivity contribution is 5.22. The first-order chi connectivity index (χ1) is 8.72. The van der Waals surface area contributed by atoms with E-state index in [9.17, 15) is 0 Å². The molecule has 1 aromatic carbocycles. The van der Waals surface area contributed by atoms with Crippen molar-refractivity contribution in [3.8, 4) is 0 Å². The third kappa shape index (κ3) is 6.80. The molecule has 0 aromatic heterocycles. The van der Waals surface area contributed by atoms with Gasteiger partial charge in [-0.2, -0.15) is 0 Å². The summed E-state index contributed by atoms with van der Waals surface area (Å²) in [5.41, 5.74) is 8.91. The first-order valence-corrected chi connectivity index (χ1v) is 7.53. The Morgan fingerprint density at radius 3 is 2.50 bits per heavy atom. The van der Waals surface area contributed by atoms with E-state index in [0.717, 1.165) is 6.42 Å². The molecule has 18 heavy (non-hydrogen) atoms. The van der Waals surface area contributed by atoms with Crippen molar-refractivity contribution >= 4 is 0 Å². The molecule has 0 spiro atoms. The molecule has 0 saturated carbocycles. The molecule has 0 radical (unpaired) electrons. The van der Waals surface area contributed by atoms with Gasteiger partial charge in [-0.25, -0.2) is 0 Å². The Labute approximate surface area is 113 Å². The highest BCUT2D eigenvalue weighted by atomic mass is 14.6. The fourth-order valence-corrected chi connectivity index (χ4v) is 2.43. The van der Waals surface area contributed by atoms with Crippen LogP contribution in [-0.4, -0.2) is 6.04 Å². The second kappa shape index (κ2) is 9.16. The van der Waals surface area contributed by atoms with Crippen LogP contribution in [0, 0.1) is 6.92 Å². The predicted molar refractivity (Wildman–Crippen MR) is 80.9 cm³/mol. The van der Waals surface area contributed by atoms with Crippen molar-refractivity contribution in [1.82, 2.24) is 0 Å². The van der Waals surface area contributed by atoms with E-state index >= 15 is 0 Å². The number of hydrogen-bond acceptors (Lipinski definition) is 1. The smallest absolute Gasteiger partial charge is 0.00793 e. The van der Waals surface area contributed by atoms with Gasteiger partial charge in [0.25, 0.3) is 0 Å². The number of hydrogen-bond donors (Lipinski definition) is 1. The van der Waals surface area contributed by atoms with Gasteiger partial charge in [0, 0.05) is 6.04 Å². The van der Waals surface area contributed by atoms with Crippen LogP contribution in [0.2, 0.25) is 0 Å². The van der Waals surface area contributed by atoms with Crippen LogP contribution in [0.4, 0.5) is 0 Å². The fourth-order valence-electron chi connectivity index (χ4n) is 2.43. The molecule has 0 aliphatic heterocycles. The Hall–Kier alpha value is -0.820. The standard InChI is InChI=1S/C17H29N/c1-3-4-5-6-7-8-12-17(18)14-16-11-9-10-15(2)13-16/h9-11,13,17H,3-8,12,14,18H2,1-2H3. The Bertz CT molecular complexity index is 319. The minimum atomic E-state index is 0.331. The zero-order valence-electron chi connectivity index (χ0n) is 12.1. The number of nitrogens with two attached hydrogens (primary N) is 1. The van der Waals surface area contributed by atoms with Gasteiger partial charge in [-0.15, -0.1) is 0 Å². The van der Waals surface area contributed by atoms with Gasteiger partial charge in [-0.1, -0.05) is 75.3 Å². The quantitative estimate of drug-likeness (QED) is 0.633. The van der Waals surface area contributed by atoms with E-state index in [-0.39, 0.29) is 0 Å². The van der Waals surface area contributed by atoms with Gasteiger partial charge in [0.2, 0.25) is 0 Å². The number of unbranched alkanes of at least 4 members (excludes halogenated alkanes) is 5. The Morgan fingerprint density at radius 2 is 1.78 bits per heavy atom. The van der Waals surface area contributed by atoms with Crippen LogP contribution in [0.15, 0.2) is 24.3 Å². The summed E-state index contributed by atoms with van der Waals surface area (Å²) < 4.78 is 0. The molecule has 0 aliphatic rings. The second-order valence-electron chi connectivity index (χ2n) is 5.51. The first kappa shape index (κ1) is 15.2. The van der Waals surface area contributed by atoms with Gasteiger partial charge in [0.05, 0.1) is 0 Å². The molecule has 0 saturated heterocycles. The summed E-state index contributed by atoms with van der Waals surface area (Å²) >= 11 is 0. The van der Waals surface area contributed by atoms with Crippen molar-refractivity contribution in [2.75, 3.05) is 0 Å². The molecule has 2 N–H and O–H groups in total. The van der Waals surface area contributed by atoms with Crippen molar-refractivity contribution in [2.24, 2.45) is 5.73 Å². The molecule has 0 bridgehead atoms. The number of aryl methyl sites for hydroxylation is 1. The number of rotatable bonds is 9. The third-order valence-electron chi connectivity index (χ3n) is 3.51. The van der Waals surface area contributed by atoms with Gasteiger partial charge in [0.1, 0.15) is 0 Å². The lowest BCUT2D eigenvalue weighted by Gasteiger charge is -2.12. The molecule has 0 fully saturated rings. The zero-order valence-corrected chi connectivity index (χ0v) is 12.1. The topological polar surface area (TPSA) is 26.0 Å². The van der Waals surface area contributed by atoms with Gasteiger partial charge >= 0.3 is 0 Å². The summed E-state index contributed by atoms with van der Waals surface area (Å²) in [6, 6.07) is 9.04. The molecule has 1 atom stereocenters. The lowest BCUT2D eigenvalue weighted by Crippen LogP contribution is -2.22. The summed E-state index contributed by atoms with van der Waals surface area (Å²) in [7, 11) is 0. The molecular formula is C17H29N. The van der Waals surface area contributed by atoms with E-state index < -0.39 is 0 Å². The monoisotopic (exact) mass is 247 g/mol. The minimum absolute atomic E-state index is 0.331. The zero-order chi connectivity index (χ0) is 13.2. The molecule has 0 heterocycles. The maximum atomic E-state index is 6.20. The maximum Gasteiger partial charge on any atom is 0.00793 e. The second-order valence-corrected chi connectivity index (χ2v) is 5.51. The summed E-state index contributed by atoms with van der Waals surface area (Å²) in [6.45, 7) is 4.40. The summed E-state index contributed by atoms with van der Waals surface area (Å²) in [6.07, 6.45) is 10.3. The minimum Gasteiger partial charge on any atom is -0.327 e. The largest absolute Gasteiger partial charge is 0.327 e. The molecule has 1 heteroatoms. The normalized spacial score (nSPS) is 12.6. The molecule has 1 rings (SSSR count). The average molecular weight is 247 g/mol. The lowest BCUT2D eigenvalue weighted by molar-refractivity contribution is 0.532. The van der Waals surface area contributed by atoms with Crippen molar-refractivity contribution < 1.29 is 0 Å². The van der Waals surface area contributed by atoms with Crippen molar-refractivity contribution in [3.05, 3.63) is 35.4 Å². The summed E-state index contributed by atoms with van der Waals surface area (Å²) in [5.74, 6) is 0. The van der Waals surface area contributed by atoms with E-state index in [1.807, 2.05) is 0 Å². The van der Waals surface area contributed by atoms with Crippen LogP contribution in [-0.2, 0) is 6.42 Å². The average Bonchev–Trinajstić information content (AvgIpc) is 2.33. The lowest BCUT2D eigenvalue weighted by atomic mass is 9.99. The van der Waals surface area contributed by atoms with Gasteiger partial charge in [-0.3, -0.25) is 0 Å². The molecular weight excluding hydrogens is 218 g/mol. The SMILES string of the molecule is CCCCCCCCC(N)Cc1cccc(C)c1. The van der Waals surface area contributed by atoms with Crippen LogP contribution < -0.4 is 5.73 Å². The van der Waals surface area contributed by atoms with Gasteiger partial charge in [0.15, 0.2) is 0 Å². The third-order valence-corrected chi connectivity index (χ3v) is 3.51. The van der Waals surface area contributed by atoms with Crippen LogP contribution in [0.3, 0.4) is 0 Å². The van der Waals surface area contributed by atoms with E-state index in [0.29, 0.717) is 6.04 Å². The molecule has 1 aromatic rings. The van der Waals surface area contributed by atoms with Gasteiger partial charge < -0.3 is 5.73 Å². The van der Waals surface area contributed by atoms with E-state index in [2.05, 4.69) is 38.1 Å². The van der Waals surface area contributed by atoms with Gasteiger partial charge in [-0.05, 0) is 25.3 Å². The number of benzene rings is 1. The highest BCUT2D eigenvalue weighted by Crippen LogP contribution is 2.11. The molecule has 1 nitrogen and oxygen atoms in total. The highest BCUT2D eigenvalue weighted by Gasteiger charge is 2.04. The van der Waals surface area contributed by atoms with Crippen LogP contribution in [0.1, 0.15) is 63.0 Å². The first-order valence-electron chi connectivity index (χ1n) is 7.53. The Balaban J connectivity index is 2.12. The molecule has 0 aliphatic carbocycles. The molecule has 102 valence electrons. The summed E-state index contributed by atoms with van der Waals surface area (Å²) in [5, 5.41) is 0. The van der Waals surface area contributed by atoms with Crippen LogP contribution in [0.5, 0.6) is 0 Å². The van der Waals surface area contributed by atoms with Crippen molar-refractivity contribution in [3.63, 3.8) is 0 Å². The Kier molecular flexibility index (Phi) is 7.75. The summed E-state index contributed by atoms with van der Waals surface area (Å²) in [4.78, 5) is 0. The van der Waals surface area contributed by atoms with Crippen molar-refractivity contribution in [2.45, 2.75) is 71.3 Å². The van der Waals surface area contributed by atoms with Crippen LogP contribution >= 0.6 is 0 Å². The molecule has 1 unspecified atom stereocenters. The van der Waals surface area contributed by atoms with Crippen molar-refractivity contribution in [1.29, 1.82) is 0 Å². The van der Waals surface area contributed by atoms with E-state index in [4.69, 9.17) is 5.73 Å². The Morgan fingerprint density at radius 1 is 1.06 bits per heavy atom. The van der Waals surface area contributed by atoms with E-state index in [1.54, 1.807) is 0 Å². The maximum absolute atomic E-state index is 6.20. The van der Waals surface area contributed by atoms with E-state index in [1.165, 1.54) is 56.1 Å². The predicted octanol–water partition coefficient (Wildman–Crippen LogP) is 4.62. The van der Waals surface area contributed by atoms with Crippen LogP contribution in [0.25, 0.3) is 0 Å².